The van der Waals surface area contributed by atoms with E-state index < -0.39 is 0 Å². The molecule has 4 atom stereocenters. The number of hydrogen-bond donors (Lipinski definition) is 0. The molecule has 1 saturated carbocycles. The molecule has 0 bridgehead atoms. The topological polar surface area (TPSA) is 38.3 Å². The molecule has 6 rings (SSSR count). The molecule has 0 radical (unpaired) electrons. The van der Waals surface area contributed by atoms with Gasteiger partial charge in [0.1, 0.15) is 6.10 Å². The lowest BCUT2D eigenvalue weighted by Gasteiger charge is -2.58. The summed E-state index contributed by atoms with van der Waals surface area (Å²) in [4.78, 5) is 11.6. The number of nitrogens with zero attached hydrogens (tertiary/aromatic N) is 3. The van der Waals surface area contributed by atoms with Gasteiger partial charge in [0.25, 0.3) is 0 Å². The van der Waals surface area contributed by atoms with E-state index in [1.54, 1.807) is 0 Å². The Hall–Kier alpha value is -2.46. The molecule has 2 aromatic heterocycles. The standard InChI is InChI=1S/C23H23N3O/c1-2-6-18-15-25-21(13-17(18)5-1)27-22-19-7-8-23(19)9-11-26(23)20(22)12-16-4-3-10-24-14-16/h1-6,10,13-15,19-20,22H,7-9,11-12H2. The summed E-state index contributed by atoms with van der Waals surface area (Å²) in [5, 5.41) is 2.35. The van der Waals surface area contributed by atoms with Gasteiger partial charge in [-0.25, -0.2) is 4.98 Å². The number of aromatic nitrogens is 2. The van der Waals surface area contributed by atoms with Crippen molar-refractivity contribution in [2.75, 3.05) is 6.54 Å². The largest absolute Gasteiger partial charge is 0.472 e. The molecule has 0 N–H and O–H groups in total. The smallest absolute Gasteiger partial charge is 0.214 e. The highest BCUT2D eigenvalue weighted by molar-refractivity contribution is 5.82. The predicted octanol–water partition coefficient (Wildman–Crippen LogP) is 3.86. The molecular weight excluding hydrogens is 334 g/mol. The zero-order chi connectivity index (χ0) is 17.8. The Morgan fingerprint density at radius 3 is 2.74 bits per heavy atom. The summed E-state index contributed by atoms with van der Waals surface area (Å²) in [5.74, 6) is 1.40. The predicted molar refractivity (Wildman–Crippen MR) is 105 cm³/mol. The Bertz CT molecular complexity index is 987. The van der Waals surface area contributed by atoms with Gasteiger partial charge in [-0.05, 0) is 42.7 Å². The Labute approximate surface area is 159 Å². The fraction of sp³-hybridized carbons (Fsp3) is 0.391. The van der Waals surface area contributed by atoms with Crippen LogP contribution < -0.4 is 4.74 Å². The fourth-order valence-electron chi connectivity index (χ4n) is 5.67. The van der Waals surface area contributed by atoms with Crippen molar-refractivity contribution < 1.29 is 4.74 Å². The van der Waals surface area contributed by atoms with Crippen LogP contribution in [0.2, 0.25) is 0 Å². The third kappa shape index (κ3) is 2.26. The van der Waals surface area contributed by atoms with Crippen LogP contribution >= 0.6 is 0 Å². The number of ether oxygens (including phenoxy) is 1. The maximum absolute atomic E-state index is 6.60. The third-order valence-corrected chi connectivity index (χ3v) is 7.14. The zero-order valence-corrected chi connectivity index (χ0v) is 15.3. The van der Waals surface area contributed by atoms with Crippen LogP contribution in [0.1, 0.15) is 24.8 Å². The normalized spacial score (nSPS) is 31.6. The molecular formula is C23H23N3O. The van der Waals surface area contributed by atoms with Crippen LogP contribution in [-0.2, 0) is 6.42 Å². The highest BCUT2D eigenvalue weighted by Crippen LogP contribution is 2.60. The van der Waals surface area contributed by atoms with Crippen LogP contribution in [0.3, 0.4) is 0 Å². The van der Waals surface area contributed by atoms with E-state index in [1.807, 2.05) is 24.7 Å². The number of hydrogen-bond acceptors (Lipinski definition) is 4. The SMILES string of the molecule is c1cncc(CC2C(Oc3cc4ccccc4cn3)C3CCC34CCN24)c1. The van der Waals surface area contributed by atoms with E-state index in [4.69, 9.17) is 4.74 Å². The minimum absolute atomic E-state index is 0.218. The molecule has 136 valence electrons. The van der Waals surface area contributed by atoms with E-state index in [0.717, 1.165) is 17.7 Å². The van der Waals surface area contributed by atoms with E-state index in [1.165, 1.54) is 36.8 Å². The van der Waals surface area contributed by atoms with Crippen LogP contribution in [0.5, 0.6) is 5.88 Å². The maximum Gasteiger partial charge on any atom is 0.214 e. The van der Waals surface area contributed by atoms with Crippen LogP contribution in [0.15, 0.2) is 61.1 Å². The Balaban J connectivity index is 1.32. The fourth-order valence-corrected chi connectivity index (χ4v) is 5.67. The average Bonchev–Trinajstić information content (AvgIpc) is 2.76. The monoisotopic (exact) mass is 357 g/mol. The Morgan fingerprint density at radius 1 is 1.07 bits per heavy atom. The molecule has 1 spiro atoms. The summed E-state index contributed by atoms with van der Waals surface area (Å²) < 4.78 is 6.60. The van der Waals surface area contributed by atoms with Gasteiger partial charge in [-0.3, -0.25) is 9.88 Å². The Morgan fingerprint density at radius 2 is 2.00 bits per heavy atom. The number of pyridine rings is 2. The second-order valence-electron chi connectivity index (χ2n) is 8.28. The summed E-state index contributed by atoms with van der Waals surface area (Å²) in [6.45, 7) is 1.20. The van der Waals surface area contributed by atoms with Gasteiger partial charge in [0.2, 0.25) is 5.88 Å². The van der Waals surface area contributed by atoms with Crippen molar-refractivity contribution in [2.24, 2.45) is 5.92 Å². The number of fused-ring (bicyclic) bond motifs is 1. The van der Waals surface area contributed by atoms with Crippen LogP contribution in [-0.4, -0.2) is 39.1 Å². The molecule has 4 unspecified atom stereocenters. The lowest BCUT2D eigenvalue weighted by atomic mass is 9.61. The van der Waals surface area contributed by atoms with Crippen molar-refractivity contribution in [2.45, 2.75) is 43.4 Å². The minimum Gasteiger partial charge on any atom is -0.472 e. The lowest BCUT2D eigenvalue weighted by molar-refractivity contribution is -0.0836. The van der Waals surface area contributed by atoms with Crippen molar-refractivity contribution in [3.8, 4) is 5.88 Å². The van der Waals surface area contributed by atoms with Crippen LogP contribution in [0, 0.1) is 5.92 Å². The van der Waals surface area contributed by atoms with Gasteiger partial charge in [-0.15, -0.1) is 0 Å². The zero-order valence-electron chi connectivity index (χ0n) is 15.3. The van der Waals surface area contributed by atoms with Crippen molar-refractivity contribution >= 4 is 10.8 Å². The summed E-state index contributed by atoms with van der Waals surface area (Å²) in [7, 11) is 0. The van der Waals surface area contributed by atoms with Crippen LogP contribution in [0.25, 0.3) is 10.8 Å². The molecule has 4 heterocycles. The first-order valence-electron chi connectivity index (χ1n) is 10.0. The van der Waals surface area contributed by atoms with Crippen molar-refractivity contribution in [1.29, 1.82) is 0 Å². The van der Waals surface area contributed by atoms with E-state index >= 15 is 0 Å². The van der Waals surface area contributed by atoms with Crippen LogP contribution in [0.4, 0.5) is 0 Å². The first kappa shape index (κ1) is 15.6. The Kier molecular flexibility index (Phi) is 3.33. The minimum atomic E-state index is 0.218. The summed E-state index contributed by atoms with van der Waals surface area (Å²) in [5.41, 5.74) is 1.71. The first-order chi connectivity index (χ1) is 13.3. The summed E-state index contributed by atoms with van der Waals surface area (Å²) in [6.07, 6.45) is 10.9. The quantitative estimate of drug-likeness (QED) is 0.711. The highest BCUT2D eigenvalue weighted by Gasteiger charge is 2.68. The third-order valence-electron chi connectivity index (χ3n) is 7.14. The van der Waals surface area contributed by atoms with Gasteiger partial charge in [0, 0.05) is 48.0 Å². The molecule has 3 fully saturated rings. The first-order valence-corrected chi connectivity index (χ1v) is 10.0. The molecule has 2 aliphatic heterocycles. The molecule has 4 nitrogen and oxygen atoms in total. The van der Waals surface area contributed by atoms with Gasteiger partial charge in [-0.2, -0.15) is 0 Å². The molecule has 1 aliphatic carbocycles. The van der Waals surface area contributed by atoms with Crippen molar-refractivity contribution in [3.05, 3.63) is 66.6 Å². The van der Waals surface area contributed by atoms with E-state index in [2.05, 4.69) is 51.3 Å². The van der Waals surface area contributed by atoms with Gasteiger partial charge in [0.15, 0.2) is 0 Å². The second-order valence-corrected chi connectivity index (χ2v) is 8.28. The van der Waals surface area contributed by atoms with Gasteiger partial charge < -0.3 is 4.74 Å². The van der Waals surface area contributed by atoms with Gasteiger partial charge in [0.05, 0.1) is 6.04 Å². The summed E-state index contributed by atoms with van der Waals surface area (Å²) >= 11 is 0. The van der Waals surface area contributed by atoms with E-state index in [9.17, 15) is 0 Å². The lowest BCUT2D eigenvalue weighted by Crippen LogP contribution is -2.65. The number of rotatable bonds is 4. The molecule has 1 aromatic carbocycles. The maximum atomic E-state index is 6.60. The molecule has 3 aromatic rings. The van der Waals surface area contributed by atoms with E-state index in [0.29, 0.717) is 17.5 Å². The molecule has 27 heavy (non-hydrogen) atoms. The van der Waals surface area contributed by atoms with Gasteiger partial charge in [-0.1, -0.05) is 30.3 Å². The van der Waals surface area contributed by atoms with Crippen molar-refractivity contribution in [3.63, 3.8) is 0 Å². The molecule has 3 aliphatic rings. The second kappa shape index (κ2) is 5.77. The molecule has 2 saturated heterocycles. The van der Waals surface area contributed by atoms with E-state index in [-0.39, 0.29) is 6.10 Å². The van der Waals surface area contributed by atoms with Gasteiger partial charge >= 0.3 is 0 Å². The molecule has 4 heteroatoms. The number of benzene rings is 1. The molecule has 0 amide bonds. The average molecular weight is 357 g/mol. The summed E-state index contributed by atoms with van der Waals surface area (Å²) in [6, 6.07) is 15.1. The highest BCUT2D eigenvalue weighted by atomic mass is 16.5. The van der Waals surface area contributed by atoms with Crippen molar-refractivity contribution in [1.82, 2.24) is 14.9 Å².